The van der Waals surface area contributed by atoms with Crippen LogP contribution in [0.1, 0.15) is 25.6 Å². The Morgan fingerprint density at radius 1 is 1.61 bits per heavy atom. The van der Waals surface area contributed by atoms with Gasteiger partial charge in [0.25, 0.3) is 5.56 Å². The molecule has 18 heavy (non-hydrogen) atoms. The van der Waals surface area contributed by atoms with Crippen LogP contribution in [0.4, 0.5) is 5.69 Å². The molecule has 0 radical (unpaired) electrons. The van der Waals surface area contributed by atoms with Crippen LogP contribution in [0.5, 0.6) is 0 Å². The Kier molecular flexibility index (Phi) is 3.86. The smallest absolute Gasteiger partial charge is 0.283 e. The number of anilines is 1. The molecule has 0 saturated carbocycles. The molecular formula is C12H14BrN3O2. The Hall–Kier alpha value is -1.56. The molecule has 0 aliphatic rings. The summed E-state index contributed by atoms with van der Waals surface area (Å²) < 4.78 is 7.18. The maximum Gasteiger partial charge on any atom is 0.283 e. The molecule has 2 rings (SSSR count). The maximum atomic E-state index is 11.9. The van der Waals surface area contributed by atoms with Crippen LogP contribution in [0, 0.1) is 0 Å². The number of hydrogen-bond donors (Lipinski definition) is 1. The summed E-state index contributed by atoms with van der Waals surface area (Å²) in [5, 5.41) is 7.26. The zero-order chi connectivity index (χ0) is 13.1. The Bertz CT molecular complexity index is 578. The van der Waals surface area contributed by atoms with Gasteiger partial charge in [-0.2, -0.15) is 5.10 Å². The normalized spacial score (nSPS) is 12.4. The second-order valence-corrected chi connectivity index (χ2v) is 4.67. The van der Waals surface area contributed by atoms with E-state index in [0.29, 0.717) is 16.7 Å². The molecule has 0 bridgehead atoms. The highest BCUT2D eigenvalue weighted by atomic mass is 79.9. The van der Waals surface area contributed by atoms with Crippen molar-refractivity contribution in [3.63, 3.8) is 0 Å². The first-order valence-electron chi connectivity index (χ1n) is 5.69. The fourth-order valence-electron chi connectivity index (χ4n) is 1.63. The highest BCUT2D eigenvalue weighted by molar-refractivity contribution is 9.10. The Labute approximate surface area is 113 Å². The summed E-state index contributed by atoms with van der Waals surface area (Å²) in [5.41, 5.74) is 0.516. The van der Waals surface area contributed by atoms with E-state index in [2.05, 4.69) is 26.3 Å². The minimum atomic E-state index is -0.144. The lowest BCUT2D eigenvalue weighted by atomic mass is 10.2. The van der Waals surface area contributed by atoms with Crippen LogP contribution in [0.3, 0.4) is 0 Å². The second kappa shape index (κ2) is 5.39. The monoisotopic (exact) mass is 311 g/mol. The van der Waals surface area contributed by atoms with Crippen molar-refractivity contribution in [2.24, 2.45) is 0 Å². The first-order chi connectivity index (χ1) is 8.63. The van der Waals surface area contributed by atoms with Crippen molar-refractivity contribution in [3.05, 3.63) is 45.2 Å². The van der Waals surface area contributed by atoms with Gasteiger partial charge in [-0.3, -0.25) is 4.79 Å². The Morgan fingerprint density at radius 3 is 3.00 bits per heavy atom. The van der Waals surface area contributed by atoms with E-state index >= 15 is 0 Å². The van der Waals surface area contributed by atoms with E-state index in [1.54, 1.807) is 12.5 Å². The molecule has 0 saturated heterocycles. The van der Waals surface area contributed by atoms with Gasteiger partial charge in [-0.05, 0) is 41.9 Å². The molecule has 2 aromatic heterocycles. The van der Waals surface area contributed by atoms with Crippen LogP contribution in [0.15, 0.2) is 38.3 Å². The minimum absolute atomic E-state index is 0.0324. The summed E-state index contributed by atoms with van der Waals surface area (Å²) in [5.74, 6) is 0.807. The van der Waals surface area contributed by atoms with E-state index in [4.69, 9.17) is 4.42 Å². The van der Waals surface area contributed by atoms with Gasteiger partial charge in [0.2, 0.25) is 0 Å². The van der Waals surface area contributed by atoms with Gasteiger partial charge in [0.1, 0.15) is 10.2 Å². The molecule has 2 aromatic rings. The van der Waals surface area contributed by atoms with E-state index in [9.17, 15) is 4.79 Å². The van der Waals surface area contributed by atoms with E-state index in [0.717, 1.165) is 5.76 Å². The van der Waals surface area contributed by atoms with Crippen molar-refractivity contribution in [2.45, 2.75) is 26.4 Å². The zero-order valence-corrected chi connectivity index (χ0v) is 11.8. The lowest BCUT2D eigenvalue weighted by molar-refractivity contribution is 0.490. The standard InChI is InChI=1S/C12H14BrN3O2/c1-3-16-12(17)11(13)9(7-14-16)15-8(2)10-5-4-6-18-10/h4-8,15H,3H2,1-2H3. The molecule has 5 nitrogen and oxygen atoms in total. The number of hydrogen-bond acceptors (Lipinski definition) is 4. The molecule has 6 heteroatoms. The van der Waals surface area contributed by atoms with Crippen LogP contribution >= 0.6 is 15.9 Å². The third-order valence-corrected chi connectivity index (χ3v) is 3.39. The molecule has 0 aliphatic carbocycles. The fourth-order valence-corrected chi connectivity index (χ4v) is 2.05. The van der Waals surface area contributed by atoms with Crippen molar-refractivity contribution in [2.75, 3.05) is 5.32 Å². The summed E-state index contributed by atoms with van der Waals surface area (Å²) in [4.78, 5) is 11.9. The molecule has 0 fully saturated rings. The van der Waals surface area contributed by atoms with Crippen molar-refractivity contribution in [3.8, 4) is 0 Å². The van der Waals surface area contributed by atoms with Crippen molar-refractivity contribution in [1.29, 1.82) is 0 Å². The lowest BCUT2D eigenvalue weighted by Gasteiger charge is -2.14. The average molecular weight is 312 g/mol. The number of aromatic nitrogens is 2. The van der Waals surface area contributed by atoms with Gasteiger partial charge in [-0.25, -0.2) is 4.68 Å². The number of rotatable bonds is 4. The van der Waals surface area contributed by atoms with Crippen LogP contribution in [0.25, 0.3) is 0 Å². The van der Waals surface area contributed by atoms with Gasteiger partial charge >= 0.3 is 0 Å². The van der Waals surface area contributed by atoms with Crippen LogP contribution in [-0.2, 0) is 6.54 Å². The van der Waals surface area contributed by atoms with Crippen LogP contribution < -0.4 is 10.9 Å². The third-order valence-electron chi connectivity index (χ3n) is 2.63. The number of aryl methyl sites for hydroxylation is 1. The van der Waals surface area contributed by atoms with Crippen LogP contribution in [-0.4, -0.2) is 9.78 Å². The third kappa shape index (κ3) is 2.48. The molecule has 1 unspecified atom stereocenters. The average Bonchev–Trinajstić information content (AvgIpc) is 2.89. The number of nitrogens with one attached hydrogen (secondary N) is 1. The van der Waals surface area contributed by atoms with E-state index in [1.165, 1.54) is 4.68 Å². The lowest BCUT2D eigenvalue weighted by Crippen LogP contribution is -2.24. The summed E-state index contributed by atoms with van der Waals surface area (Å²) >= 11 is 3.30. The number of halogens is 1. The van der Waals surface area contributed by atoms with E-state index < -0.39 is 0 Å². The predicted molar refractivity (Wildman–Crippen MR) is 72.6 cm³/mol. The highest BCUT2D eigenvalue weighted by Crippen LogP contribution is 2.23. The van der Waals surface area contributed by atoms with Gasteiger partial charge < -0.3 is 9.73 Å². The maximum absolute atomic E-state index is 11.9. The largest absolute Gasteiger partial charge is 0.467 e. The summed E-state index contributed by atoms with van der Waals surface area (Å²) in [6.45, 7) is 4.38. The van der Waals surface area contributed by atoms with Crippen LogP contribution in [0.2, 0.25) is 0 Å². The number of furan rings is 1. The molecule has 2 heterocycles. The Morgan fingerprint density at radius 2 is 2.39 bits per heavy atom. The molecule has 0 aliphatic heterocycles. The summed E-state index contributed by atoms with van der Waals surface area (Å²) in [6.07, 6.45) is 3.25. The summed E-state index contributed by atoms with van der Waals surface area (Å²) in [7, 11) is 0. The molecule has 0 amide bonds. The van der Waals surface area contributed by atoms with Crippen molar-refractivity contribution < 1.29 is 4.42 Å². The Balaban J connectivity index is 2.25. The van der Waals surface area contributed by atoms with E-state index in [-0.39, 0.29) is 11.6 Å². The molecular weight excluding hydrogens is 298 g/mol. The van der Waals surface area contributed by atoms with Gasteiger partial charge in [0, 0.05) is 6.54 Å². The first-order valence-corrected chi connectivity index (χ1v) is 6.48. The number of nitrogens with zero attached hydrogens (tertiary/aromatic N) is 2. The molecule has 1 N–H and O–H groups in total. The molecule has 0 aromatic carbocycles. The van der Waals surface area contributed by atoms with Gasteiger partial charge in [0.05, 0.1) is 24.2 Å². The minimum Gasteiger partial charge on any atom is -0.467 e. The van der Waals surface area contributed by atoms with Crippen molar-refractivity contribution in [1.82, 2.24) is 9.78 Å². The van der Waals surface area contributed by atoms with Crippen molar-refractivity contribution >= 4 is 21.6 Å². The first kappa shape index (κ1) is 12.9. The topological polar surface area (TPSA) is 60.1 Å². The van der Waals surface area contributed by atoms with Gasteiger partial charge in [-0.1, -0.05) is 0 Å². The van der Waals surface area contributed by atoms with Gasteiger partial charge in [-0.15, -0.1) is 0 Å². The van der Waals surface area contributed by atoms with Gasteiger partial charge in [0.15, 0.2) is 0 Å². The highest BCUT2D eigenvalue weighted by Gasteiger charge is 2.13. The quantitative estimate of drug-likeness (QED) is 0.943. The predicted octanol–water partition coefficient (Wildman–Crippen LogP) is 2.79. The zero-order valence-electron chi connectivity index (χ0n) is 10.2. The molecule has 0 spiro atoms. The second-order valence-electron chi connectivity index (χ2n) is 3.87. The van der Waals surface area contributed by atoms with E-state index in [1.807, 2.05) is 26.0 Å². The summed E-state index contributed by atoms with van der Waals surface area (Å²) in [6, 6.07) is 3.68. The molecule has 1 atom stereocenters. The molecule has 96 valence electrons. The fraction of sp³-hybridized carbons (Fsp3) is 0.333. The SMILES string of the molecule is CCn1ncc(NC(C)c2ccco2)c(Br)c1=O.